The molecular weight excluding hydrogens is 494 g/mol. The van der Waals surface area contributed by atoms with E-state index >= 15 is 0 Å². The van der Waals surface area contributed by atoms with Gasteiger partial charge in [0.2, 0.25) is 0 Å². The third-order valence-corrected chi connectivity index (χ3v) is 6.84. The lowest BCUT2D eigenvalue weighted by Gasteiger charge is -2.09. The second kappa shape index (κ2) is 7.78. The molecule has 30 heavy (non-hydrogen) atoms. The lowest BCUT2D eigenvalue weighted by atomic mass is 10.3. The van der Waals surface area contributed by atoms with Gasteiger partial charge in [0.1, 0.15) is 16.8 Å². The molecule has 0 fully saturated rings. The summed E-state index contributed by atoms with van der Waals surface area (Å²) in [6.07, 6.45) is 0. The first-order valence-corrected chi connectivity index (χ1v) is 11.2. The number of methoxy groups -OCH3 is 1. The summed E-state index contributed by atoms with van der Waals surface area (Å²) < 4.78 is 33.5. The predicted octanol–water partition coefficient (Wildman–Crippen LogP) is 4.23. The van der Waals surface area contributed by atoms with Crippen molar-refractivity contribution in [2.24, 2.45) is 0 Å². The fourth-order valence-electron chi connectivity index (χ4n) is 2.75. The largest absolute Gasteiger partial charge is 0.497 e. The summed E-state index contributed by atoms with van der Waals surface area (Å²) in [5.41, 5.74) is 8.40. The topological polar surface area (TPSA) is 112 Å². The lowest BCUT2D eigenvalue weighted by molar-refractivity contribution is 0.415. The maximum absolute atomic E-state index is 12.6. The number of nitrogens with two attached hydrogens (primary N) is 1. The van der Waals surface area contributed by atoms with E-state index in [-0.39, 0.29) is 4.90 Å². The average molecular weight is 509 g/mol. The van der Waals surface area contributed by atoms with Crippen molar-refractivity contribution < 1.29 is 13.2 Å². The molecule has 0 amide bonds. The number of benzene rings is 3. The van der Waals surface area contributed by atoms with Crippen LogP contribution in [-0.4, -0.2) is 30.5 Å². The molecule has 0 radical (unpaired) electrons. The van der Waals surface area contributed by atoms with Gasteiger partial charge in [0.05, 0.1) is 32.9 Å². The van der Waals surface area contributed by atoms with Crippen molar-refractivity contribution in [3.05, 3.63) is 64.1 Å². The van der Waals surface area contributed by atoms with Gasteiger partial charge in [0.15, 0.2) is 0 Å². The minimum absolute atomic E-state index is 0.104. The predicted molar refractivity (Wildman–Crippen MR) is 120 cm³/mol. The molecule has 0 unspecified atom stereocenters. The van der Waals surface area contributed by atoms with E-state index in [2.05, 4.69) is 30.8 Å². The summed E-state index contributed by atoms with van der Waals surface area (Å²) in [6, 6.07) is 14.4. The van der Waals surface area contributed by atoms with Gasteiger partial charge in [-0.2, -0.15) is 4.80 Å². The summed E-state index contributed by atoms with van der Waals surface area (Å²) in [4.78, 5) is 1.49. The van der Waals surface area contributed by atoms with Gasteiger partial charge >= 0.3 is 0 Å². The first-order valence-electron chi connectivity index (χ1n) is 8.56. The molecule has 3 aromatic carbocycles. The summed E-state index contributed by atoms with van der Waals surface area (Å²) in [5, 5.41) is 9.15. The SMILES string of the molecule is COc1ccc(NS(=O)(=O)c2ccc(-n3nc4cc(Cl)c(N)c(Br)c4n3)cc2)cc1. The Morgan fingerprint density at radius 2 is 1.77 bits per heavy atom. The maximum atomic E-state index is 12.6. The Labute approximate surface area is 185 Å². The second-order valence-electron chi connectivity index (χ2n) is 6.27. The molecule has 0 aliphatic carbocycles. The van der Waals surface area contributed by atoms with Crippen LogP contribution in [0.1, 0.15) is 0 Å². The molecule has 0 bridgehead atoms. The molecule has 4 rings (SSSR count). The average Bonchev–Trinajstić information content (AvgIpc) is 3.16. The normalized spacial score (nSPS) is 11.6. The zero-order valence-corrected chi connectivity index (χ0v) is 18.7. The van der Waals surface area contributed by atoms with E-state index in [4.69, 9.17) is 22.1 Å². The highest BCUT2D eigenvalue weighted by molar-refractivity contribution is 9.10. The highest BCUT2D eigenvalue weighted by Crippen LogP contribution is 2.34. The standard InChI is InChI=1S/C19H15BrClN5O3S/c1-29-13-6-2-11(3-7-13)25-30(27,28)14-8-4-12(5-9-14)26-23-16-10-15(21)18(22)17(20)19(16)24-26/h2-10,25H,22H2,1H3. The molecule has 8 nitrogen and oxygen atoms in total. The molecule has 4 aromatic rings. The second-order valence-corrected chi connectivity index (χ2v) is 9.15. The van der Waals surface area contributed by atoms with Gasteiger partial charge in [-0.05, 0) is 70.5 Å². The van der Waals surface area contributed by atoms with E-state index < -0.39 is 10.0 Å². The molecule has 0 saturated carbocycles. The number of fused-ring (bicyclic) bond motifs is 1. The quantitative estimate of drug-likeness (QED) is 0.390. The number of rotatable bonds is 5. The summed E-state index contributed by atoms with van der Waals surface area (Å²) in [7, 11) is -2.21. The van der Waals surface area contributed by atoms with Crippen molar-refractivity contribution >= 4 is 60.0 Å². The number of anilines is 2. The molecule has 0 saturated heterocycles. The van der Waals surface area contributed by atoms with Gasteiger partial charge in [-0.15, -0.1) is 10.2 Å². The minimum Gasteiger partial charge on any atom is -0.497 e. The molecule has 0 atom stereocenters. The van der Waals surface area contributed by atoms with Crippen molar-refractivity contribution in [3.63, 3.8) is 0 Å². The van der Waals surface area contributed by atoms with Crippen LogP contribution in [0.25, 0.3) is 16.7 Å². The maximum Gasteiger partial charge on any atom is 0.261 e. The number of sulfonamides is 1. The number of nitrogens with one attached hydrogen (secondary N) is 1. The highest BCUT2D eigenvalue weighted by Gasteiger charge is 2.16. The molecule has 1 heterocycles. The highest BCUT2D eigenvalue weighted by atomic mass is 79.9. The summed E-state index contributed by atoms with van der Waals surface area (Å²) >= 11 is 9.46. The Morgan fingerprint density at radius 1 is 1.10 bits per heavy atom. The van der Waals surface area contributed by atoms with E-state index in [9.17, 15) is 8.42 Å². The van der Waals surface area contributed by atoms with Crippen LogP contribution in [0.4, 0.5) is 11.4 Å². The molecule has 154 valence electrons. The zero-order chi connectivity index (χ0) is 21.5. The van der Waals surface area contributed by atoms with Crippen molar-refractivity contribution in [2.45, 2.75) is 4.90 Å². The Balaban J connectivity index is 1.62. The van der Waals surface area contributed by atoms with E-state index in [1.54, 1.807) is 49.6 Å². The van der Waals surface area contributed by atoms with Crippen molar-refractivity contribution in [1.29, 1.82) is 0 Å². The molecule has 0 aliphatic heterocycles. The lowest BCUT2D eigenvalue weighted by Crippen LogP contribution is -2.13. The van der Waals surface area contributed by atoms with E-state index in [1.807, 2.05) is 0 Å². The van der Waals surface area contributed by atoms with Gasteiger partial charge in [0.25, 0.3) is 10.0 Å². The minimum atomic E-state index is -3.76. The molecule has 3 N–H and O–H groups in total. The monoisotopic (exact) mass is 507 g/mol. The van der Waals surface area contributed by atoms with Crippen LogP contribution in [-0.2, 0) is 10.0 Å². The molecule has 0 aliphatic rings. The Morgan fingerprint density at radius 3 is 2.40 bits per heavy atom. The van der Waals surface area contributed by atoms with Gasteiger partial charge < -0.3 is 10.5 Å². The Hall–Kier alpha value is -2.82. The van der Waals surface area contributed by atoms with Crippen LogP contribution < -0.4 is 15.2 Å². The van der Waals surface area contributed by atoms with Crippen LogP contribution in [0.3, 0.4) is 0 Å². The summed E-state index contributed by atoms with van der Waals surface area (Å²) in [5.74, 6) is 0.635. The van der Waals surface area contributed by atoms with Gasteiger partial charge in [-0.3, -0.25) is 4.72 Å². The number of hydrogen-bond acceptors (Lipinski definition) is 6. The van der Waals surface area contributed by atoms with Gasteiger partial charge in [-0.25, -0.2) is 8.42 Å². The first-order chi connectivity index (χ1) is 14.3. The molecule has 0 spiro atoms. The Kier molecular flexibility index (Phi) is 5.31. The van der Waals surface area contributed by atoms with Crippen LogP contribution >= 0.6 is 27.5 Å². The van der Waals surface area contributed by atoms with E-state index in [0.717, 1.165) is 0 Å². The molecule has 1 aromatic heterocycles. The van der Waals surface area contributed by atoms with Crippen LogP contribution in [0, 0.1) is 0 Å². The van der Waals surface area contributed by atoms with Crippen molar-refractivity contribution in [1.82, 2.24) is 15.0 Å². The number of nitrogens with zero attached hydrogens (tertiary/aromatic N) is 3. The van der Waals surface area contributed by atoms with Crippen molar-refractivity contribution in [2.75, 3.05) is 17.6 Å². The fraction of sp³-hybridized carbons (Fsp3) is 0.0526. The van der Waals surface area contributed by atoms with E-state index in [0.29, 0.717) is 43.3 Å². The number of nitrogen functional groups attached to an aromatic ring is 1. The third-order valence-electron chi connectivity index (χ3n) is 4.33. The fourth-order valence-corrected chi connectivity index (χ4v) is 4.62. The smallest absolute Gasteiger partial charge is 0.261 e. The third kappa shape index (κ3) is 3.81. The van der Waals surface area contributed by atoms with Gasteiger partial charge in [-0.1, -0.05) is 11.6 Å². The number of ether oxygens (including phenoxy) is 1. The zero-order valence-electron chi connectivity index (χ0n) is 15.5. The van der Waals surface area contributed by atoms with Crippen LogP contribution in [0.15, 0.2) is 64.0 Å². The summed E-state index contributed by atoms with van der Waals surface area (Å²) in [6.45, 7) is 0. The van der Waals surface area contributed by atoms with Gasteiger partial charge in [0, 0.05) is 5.69 Å². The number of hydrogen-bond donors (Lipinski definition) is 2. The van der Waals surface area contributed by atoms with E-state index in [1.165, 1.54) is 16.9 Å². The van der Waals surface area contributed by atoms with Crippen molar-refractivity contribution in [3.8, 4) is 11.4 Å². The Bertz CT molecular complexity index is 1340. The number of aromatic nitrogens is 3. The first kappa shape index (κ1) is 20.5. The number of halogens is 2. The van der Waals surface area contributed by atoms with Crippen LogP contribution in [0.5, 0.6) is 5.75 Å². The molecular formula is C19H15BrClN5O3S. The molecule has 11 heteroatoms. The van der Waals surface area contributed by atoms with Crippen LogP contribution in [0.2, 0.25) is 5.02 Å².